The van der Waals surface area contributed by atoms with Gasteiger partial charge in [-0.25, -0.2) is 4.79 Å². The van der Waals surface area contributed by atoms with E-state index >= 15 is 0 Å². The molecule has 15 heavy (non-hydrogen) atoms. The Morgan fingerprint density at radius 2 is 2.13 bits per heavy atom. The van der Waals surface area contributed by atoms with E-state index in [1.54, 1.807) is 0 Å². The monoisotopic (exact) mass is 211 g/mol. The predicted octanol–water partition coefficient (Wildman–Crippen LogP) is 1.48. The third-order valence-electron chi connectivity index (χ3n) is 2.19. The zero-order chi connectivity index (χ0) is 11.4. The summed E-state index contributed by atoms with van der Waals surface area (Å²) in [6.07, 6.45) is 1.87. The summed E-state index contributed by atoms with van der Waals surface area (Å²) in [6.45, 7) is 1.98. The number of hydrogen-bond acceptors (Lipinski definition) is 4. The van der Waals surface area contributed by atoms with Gasteiger partial charge in [0.1, 0.15) is 0 Å². The summed E-state index contributed by atoms with van der Waals surface area (Å²) in [5.74, 6) is -1.93. The minimum Gasteiger partial charge on any atom is -0.481 e. The summed E-state index contributed by atoms with van der Waals surface area (Å²) < 4.78 is 4.59. The number of carboxylic acids is 1. The fraction of sp³-hybridized carbons (Fsp3) is 0.500. The quantitative estimate of drug-likeness (QED) is 0.674. The normalized spacial score (nSPS) is 15.8. The van der Waals surface area contributed by atoms with E-state index in [2.05, 4.69) is 4.74 Å². The molecule has 0 amide bonds. The molecule has 0 saturated carbocycles. The number of ether oxygens (including phenoxy) is 1. The molecule has 0 bridgehead atoms. The zero-order valence-corrected chi connectivity index (χ0v) is 8.50. The largest absolute Gasteiger partial charge is 0.481 e. The smallest absolute Gasteiger partial charge is 0.341 e. The second kappa shape index (κ2) is 4.72. The third kappa shape index (κ3) is 2.65. The van der Waals surface area contributed by atoms with Crippen molar-refractivity contribution in [3.63, 3.8) is 0 Å². The Balaban J connectivity index is 2.87. The van der Waals surface area contributed by atoms with Crippen LogP contribution in [0.15, 0.2) is 11.1 Å². The van der Waals surface area contributed by atoms with E-state index in [-0.39, 0.29) is 17.9 Å². The topological polar surface area (TPSA) is 87.4 Å². The summed E-state index contributed by atoms with van der Waals surface area (Å²) in [5, 5.41) is 16.0. The molecule has 5 heteroatoms. The van der Waals surface area contributed by atoms with Crippen molar-refractivity contribution in [2.45, 2.75) is 32.6 Å². The van der Waals surface area contributed by atoms with Gasteiger partial charge in [-0.1, -0.05) is 13.3 Å². The highest BCUT2D eigenvalue weighted by Crippen LogP contribution is 2.24. The van der Waals surface area contributed by atoms with E-state index in [9.17, 15) is 9.59 Å². The fourth-order valence-corrected chi connectivity index (χ4v) is 1.42. The first-order valence-corrected chi connectivity index (χ1v) is 4.81. The number of aliphatic carboxylic acids is 1. The molecule has 0 aliphatic carbocycles. The average Bonchev–Trinajstić information content (AvgIpc) is 2.39. The number of hydrogen-bond donors (Lipinski definition) is 2. The minimum absolute atomic E-state index is 0.223. The van der Waals surface area contributed by atoms with Crippen molar-refractivity contribution in [2.24, 2.45) is 0 Å². The first kappa shape index (κ1) is 11.4. The highest BCUT2D eigenvalue weighted by atomic mass is 16.5. The summed E-state index contributed by atoms with van der Waals surface area (Å²) >= 11 is 0. The van der Waals surface area contributed by atoms with Crippen LogP contribution in [0, 0.1) is 5.41 Å². The van der Waals surface area contributed by atoms with E-state index in [0.717, 1.165) is 12.8 Å². The SMILES string of the molecule is CCCCC1=C(CC(=O)O)C(=N)OC1=O. The van der Waals surface area contributed by atoms with E-state index in [4.69, 9.17) is 10.5 Å². The molecule has 2 N–H and O–H groups in total. The molecule has 0 spiro atoms. The molecule has 82 valence electrons. The van der Waals surface area contributed by atoms with Crippen LogP contribution >= 0.6 is 0 Å². The highest BCUT2D eigenvalue weighted by molar-refractivity contribution is 6.14. The van der Waals surface area contributed by atoms with Crippen LogP contribution in [0.5, 0.6) is 0 Å². The molecule has 0 atom stereocenters. The molecule has 5 nitrogen and oxygen atoms in total. The van der Waals surface area contributed by atoms with Crippen molar-refractivity contribution in [1.29, 1.82) is 5.41 Å². The van der Waals surface area contributed by atoms with Crippen LogP contribution in [0.4, 0.5) is 0 Å². The van der Waals surface area contributed by atoms with Crippen LogP contribution in [0.3, 0.4) is 0 Å². The van der Waals surface area contributed by atoms with E-state index in [1.807, 2.05) is 6.92 Å². The summed E-state index contributed by atoms with van der Waals surface area (Å²) in [5.41, 5.74) is 0.574. The zero-order valence-electron chi connectivity index (χ0n) is 8.50. The maximum Gasteiger partial charge on any atom is 0.341 e. The first-order chi connectivity index (χ1) is 7.06. The first-order valence-electron chi connectivity index (χ1n) is 4.81. The van der Waals surface area contributed by atoms with E-state index in [0.29, 0.717) is 12.0 Å². The number of esters is 1. The molecule has 1 aliphatic heterocycles. The van der Waals surface area contributed by atoms with Crippen LogP contribution in [0.1, 0.15) is 32.6 Å². The third-order valence-corrected chi connectivity index (χ3v) is 2.19. The van der Waals surface area contributed by atoms with Gasteiger partial charge in [0.05, 0.1) is 6.42 Å². The van der Waals surface area contributed by atoms with Crippen molar-refractivity contribution in [1.82, 2.24) is 0 Å². The standard InChI is InChI=1S/C10H13NO4/c1-2-3-4-6-7(5-8(12)13)9(11)15-10(6)14/h11H,2-5H2,1H3,(H,12,13). The Labute approximate surface area is 87.2 Å². The van der Waals surface area contributed by atoms with Gasteiger partial charge in [0.15, 0.2) is 0 Å². The van der Waals surface area contributed by atoms with Gasteiger partial charge in [0.2, 0.25) is 5.90 Å². The summed E-state index contributed by atoms with van der Waals surface area (Å²) in [7, 11) is 0. The Bertz CT molecular complexity index is 343. The molecule has 0 aromatic heterocycles. The van der Waals surface area contributed by atoms with Crippen LogP contribution in [0.25, 0.3) is 0 Å². The molecule has 1 rings (SSSR count). The molecule has 1 aliphatic rings. The molecule has 0 fully saturated rings. The van der Waals surface area contributed by atoms with Gasteiger partial charge >= 0.3 is 11.9 Å². The van der Waals surface area contributed by atoms with Gasteiger partial charge in [0, 0.05) is 11.1 Å². The van der Waals surface area contributed by atoms with Gasteiger partial charge in [-0.05, 0) is 12.8 Å². The van der Waals surface area contributed by atoms with Crippen molar-refractivity contribution >= 4 is 17.8 Å². The minimum atomic E-state index is -1.05. The molecule has 0 radical (unpaired) electrons. The molecule has 1 heterocycles. The summed E-state index contributed by atoms with van der Waals surface area (Å²) in [6, 6.07) is 0. The van der Waals surface area contributed by atoms with Gasteiger partial charge in [0.25, 0.3) is 0 Å². The van der Waals surface area contributed by atoms with Crippen LogP contribution in [0.2, 0.25) is 0 Å². The molecule has 0 aromatic rings. The number of unbranched alkanes of at least 4 members (excludes halogenated alkanes) is 1. The van der Waals surface area contributed by atoms with Crippen molar-refractivity contribution in [2.75, 3.05) is 0 Å². The Hall–Kier alpha value is -1.65. The maximum absolute atomic E-state index is 11.3. The Morgan fingerprint density at radius 3 is 2.67 bits per heavy atom. The van der Waals surface area contributed by atoms with Crippen LogP contribution in [-0.4, -0.2) is 22.9 Å². The second-order valence-electron chi connectivity index (χ2n) is 3.35. The van der Waals surface area contributed by atoms with Crippen molar-refractivity contribution in [3.05, 3.63) is 11.1 Å². The Kier molecular flexibility index (Phi) is 3.60. The lowest BCUT2D eigenvalue weighted by Gasteiger charge is -1.99. The van der Waals surface area contributed by atoms with Gasteiger partial charge in [-0.2, -0.15) is 0 Å². The van der Waals surface area contributed by atoms with Crippen LogP contribution < -0.4 is 0 Å². The predicted molar refractivity (Wildman–Crippen MR) is 52.6 cm³/mol. The highest BCUT2D eigenvalue weighted by Gasteiger charge is 2.30. The van der Waals surface area contributed by atoms with Crippen LogP contribution in [-0.2, 0) is 14.3 Å². The lowest BCUT2D eigenvalue weighted by atomic mass is 10.0. The number of cyclic esters (lactones) is 1. The van der Waals surface area contributed by atoms with Gasteiger partial charge < -0.3 is 9.84 Å². The fourth-order valence-electron chi connectivity index (χ4n) is 1.42. The molecule has 0 unspecified atom stereocenters. The van der Waals surface area contributed by atoms with E-state index < -0.39 is 11.9 Å². The van der Waals surface area contributed by atoms with Gasteiger partial charge in [-0.15, -0.1) is 0 Å². The molecular weight excluding hydrogens is 198 g/mol. The maximum atomic E-state index is 11.3. The number of carbonyl (C=O) groups excluding carboxylic acids is 1. The number of carboxylic acid groups (broad SMARTS) is 1. The molecular formula is C10H13NO4. The number of rotatable bonds is 5. The summed E-state index contributed by atoms with van der Waals surface area (Å²) in [4.78, 5) is 21.8. The lowest BCUT2D eigenvalue weighted by Crippen LogP contribution is -2.04. The van der Waals surface area contributed by atoms with Gasteiger partial charge in [-0.3, -0.25) is 10.2 Å². The average molecular weight is 211 g/mol. The number of carbonyl (C=O) groups is 2. The molecule has 0 saturated heterocycles. The molecule has 0 aromatic carbocycles. The second-order valence-corrected chi connectivity index (χ2v) is 3.35. The lowest BCUT2D eigenvalue weighted by molar-refractivity contribution is -0.136. The van der Waals surface area contributed by atoms with E-state index in [1.165, 1.54) is 0 Å². The van der Waals surface area contributed by atoms with Crippen molar-refractivity contribution < 1.29 is 19.4 Å². The Morgan fingerprint density at radius 1 is 1.47 bits per heavy atom. The number of nitrogens with one attached hydrogen (secondary N) is 1. The van der Waals surface area contributed by atoms with Crippen molar-refractivity contribution in [3.8, 4) is 0 Å².